The Morgan fingerprint density at radius 3 is 1.74 bits per heavy atom. The SMILES string of the molecule is CCCCCCCCCCC(=O)C(CC)(CC)OC. The monoisotopic (exact) mass is 270 g/mol. The molecule has 0 spiro atoms. The maximum absolute atomic E-state index is 12.2. The number of hydrogen-bond acceptors (Lipinski definition) is 2. The molecule has 0 aliphatic carbocycles. The van der Waals surface area contributed by atoms with E-state index in [1.165, 1.54) is 44.9 Å². The highest BCUT2D eigenvalue weighted by molar-refractivity contribution is 5.87. The van der Waals surface area contributed by atoms with Crippen LogP contribution < -0.4 is 0 Å². The van der Waals surface area contributed by atoms with Crippen LogP contribution in [-0.2, 0) is 9.53 Å². The summed E-state index contributed by atoms with van der Waals surface area (Å²) in [6, 6.07) is 0. The number of ether oxygens (including phenoxy) is 1. The van der Waals surface area contributed by atoms with Gasteiger partial charge >= 0.3 is 0 Å². The molecule has 0 saturated carbocycles. The van der Waals surface area contributed by atoms with Gasteiger partial charge in [0.1, 0.15) is 5.60 Å². The number of carbonyl (C=O) groups is 1. The van der Waals surface area contributed by atoms with Gasteiger partial charge in [-0.05, 0) is 19.3 Å². The molecule has 0 bridgehead atoms. The average Bonchev–Trinajstić information content (AvgIpc) is 2.44. The van der Waals surface area contributed by atoms with Crippen molar-refractivity contribution in [1.82, 2.24) is 0 Å². The Labute approximate surface area is 120 Å². The van der Waals surface area contributed by atoms with Crippen molar-refractivity contribution in [3.8, 4) is 0 Å². The molecule has 0 radical (unpaired) electrons. The maximum Gasteiger partial charge on any atom is 0.164 e. The molecule has 0 aliphatic heterocycles. The van der Waals surface area contributed by atoms with Crippen molar-refractivity contribution in [2.75, 3.05) is 7.11 Å². The van der Waals surface area contributed by atoms with Crippen LogP contribution in [0.15, 0.2) is 0 Å². The molecule has 0 N–H and O–H groups in total. The molecule has 0 atom stereocenters. The van der Waals surface area contributed by atoms with E-state index in [0.717, 1.165) is 19.3 Å². The second-order valence-electron chi connectivity index (χ2n) is 5.55. The minimum absolute atomic E-state index is 0.297. The predicted molar refractivity (Wildman–Crippen MR) is 82.6 cm³/mol. The van der Waals surface area contributed by atoms with Crippen LogP contribution in [0.5, 0.6) is 0 Å². The molecule has 19 heavy (non-hydrogen) atoms. The van der Waals surface area contributed by atoms with E-state index in [0.29, 0.717) is 12.2 Å². The van der Waals surface area contributed by atoms with Gasteiger partial charge in [-0.1, -0.05) is 65.7 Å². The summed E-state index contributed by atoms with van der Waals surface area (Å²) in [6.45, 7) is 6.33. The highest BCUT2D eigenvalue weighted by Crippen LogP contribution is 2.23. The summed E-state index contributed by atoms with van der Waals surface area (Å²) in [5.41, 5.74) is -0.513. The van der Waals surface area contributed by atoms with Gasteiger partial charge in [0.25, 0.3) is 0 Å². The third-order valence-corrected chi connectivity index (χ3v) is 4.30. The van der Waals surface area contributed by atoms with Gasteiger partial charge in [0.15, 0.2) is 5.78 Å². The van der Waals surface area contributed by atoms with E-state index in [9.17, 15) is 4.79 Å². The molecular formula is C17H34O2. The number of Topliss-reactive ketones (excluding diaryl/α,β-unsaturated/α-hetero) is 1. The van der Waals surface area contributed by atoms with Crippen molar-refractivity contribution in [3.63, 3.8) is 0 Å². The number of unbranched alkanes of at least 4 members (excludes halogenated alkanes) is 7. The van der Waals surface area contributed by atoms with Crippen molar-refractivity contribution in [2.45, 2.75) is 97.0 Å². The van der Waals surface area contributed by atoms with Gasteiger partial charge in [0.05, 0.1) is 0 Å². The first kappa shape index (κ1) is 18.6. The maximum atomic E-state index is 12.2. The van der Waals surface area contributed by atoms with Crippen molar-refractivity contribution in [1.29, 1.82) is 0 Å². The van der Waals surface area contributed by atoms with Crippen LogP contribution in [0.25, 0.3) is 0 Å². The molecule has 2 nitrogen and oxygen atoms in total. The minimum atomic E-state index is -0.513. The van der Waals surface area contributed by atoms with Crippen molar-refractivity contribution >= 4 is 5.78 Å². The molecule has 0 saturated heterocycles. The molecule has 0 rings (SSSR count). The molecule has 0 fully saturated rings. The van der Waals surface area contributed by atoms with E-state index in [4.69, 9.17) is 4.74 Å². The van der Waals surface area contributed by atoms with Gasteiger partial charge in [-0.15, -0.1) is 0 Å². The van der Waals surface area contributed by atoms with Crippen LogP contribution in [0.2, 0.25) is 0 Å². The smallest absolute Gasteiger partial charge is 0.164 e. The lowest BCUT2D eigenvalue weighted by Crippen LogP contribution is -2.39. The number of methoxy groups -OCH3 is 1. The van der Waals surface area contributed by atoms with Crippen molar-refractivity contribution in [3.05, 3.63) is 0 Å². The number of carbonyl (C=O) groups excluding carboxylic acids is 1. The lowest BCUT2D eigenvalue weighted by molar-refractivity contribution is -0.142. The third-order valence-electron chi connectivity index (χ3n) is 4.30. The molecule has 0 amide bonds. The first-order chi connectivity index (χ1) is 9.16. The van der Waals surface area contributed by atoms with E-state index in [-0.39, 0.29) is 0 Å². The molecule has 0 aliphatic rings. The van der Waals surface area contributed by atoms with Gasteiger partial charge in [0, 0.05) is 13.5 Å². The zero-order chi connectivity index (χ0) is 14.6. The molecule has 2 heteroatoms. The normalized spacial score (nSPS) is 11.8. The predicted octanol–water partition coefficient (Wildman–Crippen LogP) is 5.29. The molecule has 0 aromatic rings. The van der Waals surface area contributed by atoms with E-state index in [1.54, 1.807) is 7.11 Å². The van der Waals surface area contributed by atoms with E-state index < -0.39 is 5.60 Å². The standard InChI is InChI=1S/C17H34O2/c1-5-8-9-10-11-12-13-14-15-16(18)17(6-2,7-3)19-4/h5-15H2,1-4H3. The zero-order valence-electron chi connectivity index (χ0n) is 13.6. The average molecular weight is 270 g/mol. The first-order valence-corrected chi connectivity index (χ1v) is 8.25. The van der Waals surface area contributed by atoms with Crippen LogP contribution in [0.3, 0.4) is 0 Å². The summed E-state index contributed by atoms with van der Waals surface area (Å²) >= 11 is 0. The summed E-state index contributed by atoms with van der Waals surface area (Å²) in [5.74, 6) is 0.297. The molecule has 0 aromatic carbocycles. The Morgan fingerprint density at radius 2 is 1.32 bits per heavy atom. The Morgan fingerprint density at radius 1 is 0.842 bits per heavy atom. The van der Waals surface area contributed by atoms with Gasteiger partial charge in [0.2, 0.25) is 0 Å². The Hall–Kier alpha value is -0.370. The highest BCUT2D eigenvalue weighted by Gasteiger charge is 2.33. The fourth-order valence-corrected chi connectivity index (χ4v) is 2.69. The van der Waals surface area contributed by atoms with Crippen LogP contribution in [0.1, 0.15) is 91.4 Å². The quantitative estimate of drug-likeness (QED) is 0.425. The first-order valence-electron chi connectivity index (χ1n) is 8.25. The van der Waals surface area contributed by atoms with E-state index >= 15 is 0 Å². The van der Waals surface area contributed by atoms with Gasteiger partial charge in [-0.25, -0.2) is 0 Å². The number of ketones is 1. The summed E-state index contributed by atoms with van der Waals surface area (Å²) < 4.78 is 5.47. The highest BCUT2D eigenvalue weighted by atomic mass is 16.5. The van der Waals surface area contributed by atoms with E-state index in [1.807, 2.05) is 13.8 Å². The Balaban J connectivity index is 3.68. The van der Waals surface area contributed by atoms with Crippen molar-refractivity contribution < 1.29 is 9.53 Å². The second-order valence-corrected chi connectivity index (χ2v) is 5.55. The fourth-order valence-electron chi connectivity index (χ4n) is 2.69. The Bertz CT molecular complexity index is 211. The van der Waals surface area contributed by atoms with Crippen LogP contribution >= 0.6 is 0 Å². The molecule has 0 unspecified atom stereocenters. The molecule has 114 valence electrons. The summed E-state index contributed by atoms with van der Waals surface area (Å²) in [5, 5.41) is 0. The zero-order valence-corrected chi connectivity index (χ0v) is 13.6. The van der Waals surface area contributed by atoms with Crippen LogP contribution in [-0.4, -0.2) is 18.5 Å². The summed E-state index contributed by atoms with van der Waals surface area (Å²) in [6.07, 6.45) is 12.5. The summed E-state index contributed by atoms with van der Waals surface area (Å²) in [4.78, 5) is 12.2. The molecule has 0 heterocycles. The van der Waals surface area contributed by atoms with Crippen LogP contribution in [0.4, 0.5) is 0 Å². The minimum Gasteiger partial charge on any atom is -0.370 e. The second kappa shape index (κ2) is 11.5. The van der Waals surface area contributed by atoms with Crippen LogP contribution in [0, 0.1) is 0 Å². The summed E-state index contributed by atoms with van der Waals surface area (Å²) in [7, 11) is 1.67. The lowest BCUT2D eigenvalue weighted by Gasteiger charge is -2.28. The molecular weight excluding hydrogens is 236 g/mol. The number of rotatable bonds is 13. The van der Waals surface area contributed by atoms with Gasteiger partial charge in [-0.3, -0.25) is 4.79 Å². The third kappa shape index (κ3) is 7.10. The van der Waals surface area contributed by atoms with Gasteiger partial charge < -0.3 is 4.74 Å². The fraction of sp³-hybridized carbons (Fsp3) is 0.941. The largest absolute Gasteiger partial charge is 0.370 e. The Kier molecular flexibility index (Phi) is 11.2. The van der Waals surface area contributed by atoms with Gasteiger partial charge in [-0.2, -0.15) is 0 Å². The molecule has 0 aromatic heterocycles. The van der Waals surface area contributed by atoms with E-state index in [2.05, 4.69) is 6.92 Å². The topological polar surface area (TPSA) is 26.3 Å². The van der Waals surface area contributed by atoms with Crippen molar-refractivity contribution in [2.24, 2.45) is 0 Å². The lowest BCUT2D eigenvalue weighted by atomic mass is 9.88. The number of hydrogen-bond donors (Lipinski definition) is 0.